The van der Waals surface area contributed by atoms with Gasteiger partial charge < -0.3 is 20.2 Å². The summed E-state index contributed by atoms with van der Waals surface area (Å²) in [6.07, 6.45) is 1.92. The summed E-state index contributed by atoms with van der Waals surface area (Å²) >= 11 is 1.54. The Morgan fingerprint density at radius 1 is 1.47 bits per heavy atom. The molecule has 1 unspecified atom stereocenters. The molecule has 0 aromatic carbocycles. The van der Waals surface area contributed by atoms with Gasteiger partial charge in [-0.2, -0.15) is 11.8 Å². The van der Waals surface area contributed by atoms with Crippen LogP contribution in [0.25, 0.3) is 0 Å². The summed E-state index contributed by atoms with van der Waals surface area (Å²) in [5.74, 6) is 2.22. The van der Waals surface area contributed by atoms with Gasteiger partial charge >= 0.3 is 6.03 Å². The third-order valence-electron chi connectivity index (χ3n) is 2.67. The van der Waals surface area contributed by atoms with Gasteiger partial charge in [-0.15, -0.1) is 0 Å². The van der Waals surface area contributed by atoms with Crippen molar-refractivity contribution < 1.29 is 14.3 Å². The Hall–Kier alpha value is -1.14. The highest BCUT2D eigenvalue weighted by atomic mass is 32.2. The lowest BCUT2D eigenvalue weighted by molar-refractivity contribution is 0.0869. The summed E-state index contributed by atoms with van der Waals surface area (Å²) in [6, 6.07) is 1.61. The lowest BCUT2D eigenvalue weighted by Gasteiger charge is -2.22. The van der Waals surface area contributed by atoms with Gasteiger partial charge in [-0.3, -0.25) is 0 Å². The molecule has 1 atom stereocenters. The maximum Gasteiger partial charge on any atom is 0.315 e. The number of furan rings is 1. The largest absolute Gasteiger partial charge is 0.466 e. The number of aliphatic hydroxyl groups is 1. The minimum Gasteiger partial charge on any atom is -0.466 e. The Morgan fingerprint density at radius 2 is 2.16 bits per heavy atom. The van der Waals surface area contributed by atoms with Crippen molar-refractivity contribution in [3.63, 3.8) is 0 Å². The van der Waals surface area contributed by atoms with Gasteiger partial charge in [-0.1, -0.05) is 0 Å². The molecule has 6 heteroatoms. The van der Waals surface area contributed by atoms with Gasteiger partial charge in [-0.05, 0) is 33.1 Å². The average Bonchev–Trinajstić information content (AvgIpc) is 2.63. The van der Waals surface area contributed by atoms with Crippen LogP contribution < -0.4 is 10.6 Å². The molecule has 3 N–H and O–H groups in total. The maximum absolute atomic E-state index is 11.6. The van der Waals surface area contributed by atoms with Crippen molar-refractivity contribution in [1.29, 1.82) is 0 Å². The van der Waals surface area contributed by atoms with Crippen LogP contribution in [0.5, 0.6) is 0 Å². The molecule has 1 aromatic rings. The van der Waals surface area contributed by atoms with Crippen LogP contribution in [0.3, 0.4) is 0 Å². The Bertz CT molecular complexity index is 430. The summed E-state index contributed by atoms with van der Waals surface area (Å²) < 4.78 is 5.38. The number of hydrogen-bond donors (Lipinski definition) is 3. The third-order valence-corrected chi connectivity index (χ3v) is 3.58. The molecule has 1 aromatic heterocycles. The second kappa shape index (κ2) is 6.86. The summed E-state index contributed by atoms with van der Waals surface area (Å²) in [4.78, 5) is 11.6. The van der Waals surface area contributed by atoms with Crippen LogP contribution in [0, 0.1) is 13.8 Å². The quantitative estimate of drug-likeness (QED) is 0.745. The SMILES string of the molecule is CSCC(C)(O)CNC(=O)NCc1cc(C)oc1C. The number of carbonyl (C=O) groups is 1. The molecule has 5 nitrogen and oxygen atoms in total. The van der Waals surface area contributed by atoms with E-state index in [1.807, 2.05) is 26.2 Å². The molecule has 1 heterocycles. The summed E-state index contributed by atoms with van der Waals surface area (Å²) in [7, 11) is 0. The van der Waals surface area contributed by atoms with Gasteiger partial charge in [-0.25, -0.2) is 4.79 Å². The predicted molar refractivity (Wildman–Crippen MR) is 77.4 cm³/mol. The van der Waals surface area contributed by atoms with E-state index < -0.39 is 5.60 Å². The fourth-order valence-corrected chi connectivity index (χ4v) is 2.45. The van der Waals surface area contributed by atoms with Crippen LogP contribution in [-0.2, 0) is 6.54 Å². The van der Waals surface area contributed by atoms with Crippen molar-refractivity contribution in [2.24, 2.45) is 0 Å². The molecule has 1 rings (SSSR count). The molecule has 0 radical (unpaired) electrons. The molecule has 108 valence electrons. The molecule has 19 heavy (non-hydrogen) atoms. The van der Waals surface area contributed by atoms with Gasteiger partial charge in [0, 0.05) is 24.4 Å². The van der Waals surface area contributed by atoms with Gasteiger partial charge in [0.25, 0.3) is 0 Å². The smallest absolute Gasteiger partial charge is 0.315 e. The molecule has 0 fully saturated rings. The lowest BCUT2D eigenvalue weighted by Crippen LogP contribution is -2.45. The topological polar surface area (TPSA) is 74.5 Å². The van der Waals surface area contributed by atoms with Crippen molar-refractivity contribution in [3.05, 3.63) is 23.2 Å². The van der Waals surface area contributed by atoms with Crippen LogP contribution in [0.15, 0.2) is 10.5 Å². The Kier molecular flexibility index (Phi) is 5.75. The van der Waals surface area contributed by atoms with Crippen LogP contribution in [0.4, 0.5) is 4.79 Å². The molecule has 0 bridgehead atoms. The first-order chi connectivity index (χ1) is 8.84. The predicted octanol–water partition coefficient (Wildman–Crippen LogP) is 1.81. The molecule has 0 spiro atoms. The van der Waals surface area contributed by atoms with E-state index in [9.17, 15) is 9.90 Å². The van der Waals surface area contributed by atoms with Crippen molar-refractivity contribution in [1.82, 2.24) is 10.6 Å². The number of carbonyl (C=O) groups excluding carboxylic acids is 1. The number of urea groups is 1. The zero-order valence-corrected chi connectivity index (χ0v) is 12.7. The average molecular weight is 286 g/mol. The normalized spacial score (nSPS) is 13.9. The molecule has 2 amide bonds. The van der Waals surface area contributed by atoms with Crippen molar-refractivity contribution in [3.8, 4) is 0 Å². The standard InChI is InChI=1S/C13H22N2O3S/c1-9-5-11(10(2)18-9)6-14-12(16)15-7-13(3,17)8-19-4/h5,17H,6-8H2,1-4H3,(H2,14,15,16). The second-order valence-corrected chi connectivity index (χ2v) is 5.77. The molecule has 0 aliphatic carbocycles. The monoisotopic (exact) mass is 286 g/mol. The van der Waals surface area contributed by atoms with Gasteiger partial charge in [0.15, 0.2) is 0 Å². The summed E-state index contributed by atoms with van der Waals surface area (Å²) in [6.45, 7) is 6.08. The molecule has 0 saturated heterocycles. The zero-order chi connectivity index (χ0) is 14.5. The third kappa shape index (κ3) is 5.57. The Labute approximate surface area is 118 Å². The van der Waals surface area contributed by atoms with Crippen molar-refractivity contribution in [2.45, 2.75) is 32.9 Å². The zero-order valence-electron chi connectivity index (χ0n) is 11.9. The number of aryl methyl sites for hydroxylation is 2. The van der Waals surface area contributed by atoms with Gasteiger partial charge in [0.2, 0.25) is 0 Å². The highest BCUT2D eigenvalue weighted by Crippen LogP contribution is 2.13. The van der Waals surface area contributed by atoms with Crippen LogP contribution >= 0.6 is 11.8 Å². The van der Waals surface area contributed by atoms with Gasteiger partial charge in [0.05, 0.1) is 5.60 Å². The number of nitrogens with one attached hydrogen (secondary N) is 2. The fraction of sp³-hybridized carbons (Fsp3) is 0.615. The summed E-state index contributed by atoms with van der Waals surface area (Å²) in [5, 5.41) is 15.3. The first-order valence-electron chi connectivity index (χ1n) is 6.13. The van der Waals surface area contributed by atoms with Crippen molar-refractivity contribution in [2.75, 3.05) is 18.6 Å². The van der Waals surface area contributed by atoms with Crippen molar-refractivity contribution >= 4 is 17.8 Å². The fourth-order valence-electron chi connectivity index (χ4n) is 1.73. The maximum atomic E-state index is 11.6. The van der Waals surface area contributed by atoms with E-state index in [1.165, 1.54) is 0 Å². The summed E-state index contributed by atoms with van der Waals surface area (Å²) in [5.41, 5.74) is 0.0716. The molecule has 0 aliphatic rings. The van der Waals surface area contributed by atoms with E-state index in [4.69, 9.17) is 4.42 Å². The minimum atomic E-state index is -0.890. The second-order valence-electron chi connectivity index (χ2n) is 4.90. The molecular weight excluding hydrogens is 264 g/mol. The molecule has 0 aliphatic heterocycles. The minimum absolute atomic E-state index is 0.225. The highest BCUT2D eigenvalue weighted by molar-refractivity contribution is 7.98. The van der Waals surface area contributed by atoms with Crippen LogP contribution in [-0.4, -0.2) is 35.3 Å². The number of hydrogen-bond acceptors (Lipinski definition) is 4. The number of amides is 2. The number of rotatable bonds is 6. The van der Waals surface area contributed by atoms with Gasteiger partial charge in [0.1, 0.15) is 11.5 Å². The van der Waals surface area contributed by atoms with Crippen LogP contribution in [0.2, 0.25) is 0 Å². The van der Waals surface area contributed by atoms with E-state index in [0.717, 1.165) is 17.1 Å². The van der Waals surface area contributed by atoms with E-state index >= 15 is 0 Å². The van der Waals surface area contributed by atoms with E-state index in [1.54, 1.807) is 18.7 Å². The van der Waals surface area contributed by atoms with Crippen LogP contribution in [0.1, 0.15) is 24.0 Å². The Morgan fingerprint density at radius 3 is 2.68 bits per heavy atom. The molecule has 0 saturated carbocycles. The van der Waals surface area contributed by atoms with E-state index in [2.05, 4.69) is 10.6 Å². The molecular formula is C13H22N2O3S. The highest BCUT2D eigenvalue weighted by Gasteiger charge is 2.20. The first-order valence-corrected chi connectivity index (χ1v) is 7.52. The first kappa shape index (κ1) is 15.9. The van der Waals surface area contributed by atoms with E-state index in [0.29, 0.717) is 12.3 Å². The lowest BCUT2D eigenvalue weighted by atomic mass is 10.1. The Balaban J connectivity index is 2.34. The van der Waals surface area contributed by atoms with E-state index in [-0.39, 0.29) is 12.6 Å². The number of thioether (sulfide) groups is 1.